The van der Waals surface area contributed by atoms with E-state index in [1.807, 2.05) is 6.08 Å². The molecule has 0 N–H and O–H groups in total. The lowest BCUT2D eigenvalue weighted by Gasteiger charge is -2.23. The Morgan fingerprint density at radius 1 is 0.952 bits per heavy atom. The van der Waals surface area contributed by atoms with Gasteiger partial charge in [0, 0.05) is 0 Å². The van der Waals surface area contributed by atoms with Gasteiger partial charge in [0.2, 0.25) is 0 Å². The Morgan fingerprint density at radius 3 is 2.00 bits per heavy atom. The van der Waals surface area contributed by atoms with Gasteiger partial charge in [0.15, 0.2) is 0 Å². The van der Waals surface area contributed by atoms with E-state index in [0.717, 1.165) is 0 Å². The molecule has 2 aromatic rings. The summed E-state index contributed by atoms with van der Waals surface area (Å²) in [6.07, 6.45) is 2.04. The van der Waals surface area contributed by atoms with Gasteiger partial charge in [0.25, 0.3) is 0 Å². The molecular formula is C20H24Si. The van der Waals surface area contributed by atoms with Crippen LogP contribution in [0.25, 0.3) is 5.57 Å². The maximum absolute atomic E-state index is 3.98. The van der Waals surface area contributed by atoms with Crippen LogP contribution in [0.5, 0.6) is 0 Å². The normalized spacial score (nSPS) is 13.8. The molecule has 2 rings (SSSR count). The third-order valence-corrected chi connectivity index (χ3v) is 6.84. The highest BCUT2D eigenvalue weighted by atomic mass is 28.3. The van der Waals surface area contributed by atoms with Gasteiger partial charge in [-0.2, -0.15) is 0 Å². The molecule has 108 valence electrons. The molecular weight excluding hydrogens is 268 g/mol. The predicted octanol–water partition coefficient (Wildman–Crippen LogP) is 5.05. The van der Waals surface area contributed by atoms with Crippen molar-refractivity contribution in [2.75, 3.05) is 0 Å². The fourth-order valence-corrected chi connectivity index (χ4v) is 5.00. The van der Waals surface area contributed by atoms with Crippen molar-refractivity contribution < 1.29 is 0 Å². The molecule has 0 radical (unpaired) electrons. The van der Waals surface area contributed by atoms with Gasteiger partial charge in [0.1, 0.15) is 8.07 Å². The van der Waals surface area contributed by atoms with Crippen molar-refractivity contribution in [2.45, 2.75) is 20.0 Å². The van der Waals surface area contributed by atoms with Gasteiger partial charge < -0.3 is 0 Å². The maximum atomic E-state index is 3.98. The molecule has 0 fully saturated rings. The van der Waals surface area contributed by atoms with Crippen LogP contribution in [0.3, 0.4) is 0 Å². The lowest BCUT2D eigenvalue weighted by molar-refractivity contribution is 0.969. The molecule has 0 nitrogen and oxygen atoms in total. The predicted molar refractivity (Wildman–Crippen MR) is 97.3 cm³/mol. The second-order valence-electron chi connectivity index (χ2n) is 6.08. The highest BCUT2D eigenvalue weighted by Crippen LogP contribution is 2.26. The Morgan fingerprint density at radius 2 is 1.48 bits per heavy atom. The third-order valence-electron chi connectivity index (χ3n) is 3.99. The largest absolute Gasteiger partial charge is 0.104 e. The first kappa shape index (κ1) is 15.5. The summed E-state index contributed by atoms with van der Waals surface area (Å²) in [6.45, 7) is 11.0. The highest BCUT2D eigenvalue weighted by Gasteiger charge is 2.22. The van der Waals surface area contributed by atoms with E-state index in [2.05, 4.69) is 93.0 Å². The standard InChI is InChI=1S/C20H24Si/c1-5-17(2)20(18-12-8-6-9-13-18)16-21(3,4)19-14-10-7-11-15-19/h5-17H,1H2,2-4H3/b20-16+. The first-order valence-electron chi connectivity index (χ1n) is 7.51. The summed E-state index contributed by atoms with van der Waals surface area (Å²) in [7, 11) is -1.61. The smallest absolute Gasteiger partial charge is 0.102 e. The zero-order valence-electron chi connectivity index (χ0n) is 13.2. The van der Waals surface area contributed by atoms with Crippen LogP contribution >= 0.6 is 0 Å². The van der Waals surface area contributed by atoms with Crippen molar-refractivity contribution in [3.05, 3.63) is 84.6 Å². The van der Waals surface area contributed by atoms with Crippen LogP contribution in [0.1, 0.15) is 12.5 Å². The average molecular weight is 292 g/mol. The Kier molecular flexibility index (Phi) is 4.97. The average Bonchev–Trinajstić information content (AvgIpc) is 2.53. The summed E-state index contributed by atoms with van der Waals surface area (Å²) in [5.74, 6) is 0.364. The molecule has 0 bridgehead atoms. The first-order chi connectivity index (χ1) is 10.0. The molecule has 2 aromatic carbocycles. The third kappa shape index (κ3) is 3.83. The quantitative estimate of drug-likeness (QED) is 0.534. The number of rotatable bonds is 5. The molecule has 0 saturated carbocycles. The van der Waals surface area contributed by atoms with E-state index in [4.69, 9.17) is 0 Å². The van der Waals surface area contributed by atoms with Crippen LogP contribution in [0, 0.1) is 5.92 Å². The van der Waals surface area contributed by atoms with Gasteiger partial charge >= 0.3 is 0 Å². The molecule has 0 aromatic heterocycles. The number of hydrogen-bond acceptors (Lipinski definition) is 0. The molecule has 0 aliphatic carbocycles. The summed E-state index contributed by atoms with van der Waals surface area (Å²) < 4.78 is 0. The van der Waals surface area contributed by atoms with Crippen LogP contribution in [0.2, 0.25) is 13.1 Å². The molecule has 0 saturated heterocycles. The van der Waals surface area contributed by atoms with Crippen molar-refractivity contribution in [3.8, 4) is 0 Å². The van der Waals surface area contributed by atoms with Gasteiger partial charge in [-0.1, -0.05) is 97.6 Å². The van der Waals surface area contributed by atoms with E-state index in [1.165, 1.54) is 16.3 Å². The molecule has 0 heterocycles. The van der Waals surface area contributed by atoms with Crippen molar-refractivity contribution in [1.29, 1.82) is 0 Å². The lowest BCUT2D eigenvalue weighted by Crippen LogP contribution is -2.39. The fraction of sp³-hybridized carbons (Fsp3) is 0.200. The Hall–Kier alpha value is -1.86. The van der Waals surface area contributed by atoms with E-state index >= 15 is 0 Å². The topological polar surface area (TPSA) is 0 Å². The van der Waals surface area contributed by atoms with Crippen molar-refractivity contribution in [3.63, 3.8) is 0 Å². The van der Waals surface area contributed by atoms with Crippen molar-refractivity contribution in [1.82, 2.24) is 0 Å². The lowest BCUT2D eigenvalue weighted by atomic mass is 9.96. The molecule has 1 unspecified atom stereocenters. The summed E-state index contributed by atoms with van der Waals surface area (Å²) in [4.78, 5) is 0. The molecule has 0 spiro atoms. The summed E-state index contributed by atoms with van der Waals surface area (Å²) in [5.41, 5.74) is 5.22. The van der Waals surface area contributed by atoms with E-state index in [-0.39, 0.29) is 0 Å². The summed E-state index contributed by atoms with van der Waals surface area (Å²) in [5, 5.41) is 1.47. The summed E-state index contributed by atoms with van der Waals surface area (Å²) >= 11 is 0. The van der Waals surface area contributed by atoms with Gasteiger partial charge in [-0.25, -0.2) is 0 Å². The molecule has 1 atom stereocenters. The SMILES string of the molecule is C=CC(C)/C(=C\[Si](C)(C)c1ccccc1)c1ccccc1. The monoisotopic (exact) mass is 292 g/mol. The summed E-state index contributed by atoms with van der Waals surface area (Å²) in [6, 6.07) is 21.5. The van der Waals surface area contributed by atoms with E-state index < -0.39 is 8.07 Å². The Bertz CT molecular complexity index is 609. The number of allylic oxidation sites excluding steroid dienone is 2. The number of hydrogen-bond donors (Lipinski definition) is 0. The molecule has 0 amide bonds. The molecule has 0 aliphatic heterocycles. The minimum absolute atomic E-state index is 0.364. The van der Waals surface area contributed by atoms with E-state index in [0.29, 0.717) is 5.92 Å². The van der Waals surface area contributed by atoms with Gasteiger partial charge in [0.05, 0.1) is 0 Å². The maximum Gasteiger partial charge on any atom is 0.104 e. The molecule has 1 heteroatoms. The highest BCUT2D eigenvalue weighted by molar-refractivity contribution is 6.94. The van der Waals surface area contributed by atoms with Gasteiger partial charge in [-0.3, -0.25) is 0 Å². The Labute approximate surface area is 129 Å². The van der Waals surface area contributed by atoms with Gasteiger partial charge in [-0.05, 0) is 17.1 Å². The minimum atomic E-state index is -1.61. The zero-order chi connectivity index (χ0) is 15.3. The number of benzene rings is 2. The van der Waals surface area contributed by atoms with Crippen LogP contribution in [0.4, 0.5) is 0 Å². The van der Waals surface area contributed by atoms with Crippen molar-refractivity contribution in [2.24, 2.45) is 5.92 Å². The zero-order valence-corrected chi connectivity index (χ0v) is 14.2. The minimum Gasteiger partial charge on any atom is -0.102 e. The van der Waals surface area contributed by atoms with E-state index in [9.17, 15) is 0 Å². The van der Waals surface area contributed by atoms with Crippen molar-refractivity contribution >= 4 is 18.8 Å². The van der Waals surface area contributed by atoms with E-state index in [1.54, 1.807) is 0 Å². The molecule has 21 heavy (non-hydrogen) atoms. The second-order valence-corrected chi connectivity index (χ2v) is 10.4. The first-order valence-corrected chi connectivity index (χ1v) is 10.6. The fourth-order valence-electron chi connectivity index (χ4n) is 2.58. The molecule has 0 aliphatic rings. The van der Waals surface area contributed by atoms with Crippen LogP contribution in [-0.4, -0.2) is 8.07 Å². The Balaban J connectivity index is 2.48. The van der Waals surface area contributed by atoms with Gasteiger partial charge in [-0.15, -0.1) is 6.58 Å². The van der Waals surface area contributed by atoms with Crippen LogP contribution in [0.15, 0.2) is 79.0 Å². The van der Waals surface area contributed by atoms with Crippen LogP contribution < -0.4 is 5.19 Å². The second kappa shape index (κ2) is 6.73. The van der Waals surface area contributed by atoms with Crippen LogP contribution in [-0.2, 0) is 0 Å².